The van der Waals surface area contributed by atoms with E-state index < -0.39 is 5.25 Å². The number of rotatable bonds is 5. The number of hydrogen-bond acceptors (Lipinski definition) is 6. The van der Waals surface area contributed by atoms with Crippen molar-refractivity contribution in [1.82, 2.24) is 20.1 Å². The number of thioether (sulfide) groups is 1. The van der Waals surface area contributed by atoms with Crippen molar-refractivity contribution in [1.29, 1.82) is 0 Å². The highest BCUT2D eigenvalue weighted by molar-refractivity contribution is 8.00. The van der Waals surface area contributed by atoms with Gasteiger partial charge in [-0.05, 0) is 55.3 Å². The average Bonchev–Trinajstić information content (AvgIpc) is 3.18. The van der Waals surface area contributed by atoms with E-state index in [1.807, 2.05) is 0 Å². The molecule has 3 aromatic rings. The summed E-state index contributed by atoms with van der Waals surface area (Å²) in [6.45, 7) is 0.385. The number of ether oxygens (including phenoxy) is 1. The third-order valence-corrected chi connectivity index (χ3v) is 6.71. The van der Waals surface area contributed by atoms with E-state index in [2.05, 4.69) is 15.2 Å². The van der Waals surface area contributed by atoms with Crippen LogP contribution in [0.4, 0.5) is 0 Å². The van der Waals surface area contributed by atoms with E-state index in [0.717, 1.165) is 12.8 Å². The van der Waals surface area contributed by atoms with Crippen molar-refractivity contribution in [3.8, 4) is 17.1 Å². The van der Waals surface area contributed by atoms with Crippen LogP contribution in [0, 0.1) is 0 Å². The Hall–Kier alpha value is -2.55. The van der Waals surface area contributed by atoms with Gasteiger partial charge in [0.1, 0.15) is 5.75 Å². The van der Waals surface area contributed by atoms with Crippen LogP contribution < -0.4 is 4.74 Å². The number of imide groups is 1. The number of carbonyl (C=O) groups excluding carboxylic acids is 2. The molecule has 2 heterocycles. The summed E-state index contributed by atoms with van der Waals surface area (Å²) in [6, 6.07) is 11.8. The molecular weight excluding hydrogens is 471 g/mol. The summed E-state index contributed by atoms with van der Waals surface area (Å²) < 4.78 is 5.38. The molecule has 1 aromatic heterocycles. The number of aromatic amines is 1. The fraction of sp³-hybridized carbons (Fsp3) is 0.273. The van der Waals surface area contributed by atoms with E-state index in [9.17, 15) is 9.59 Å². The molecule has 166 valence electrons. The lowest BCUT2D eigenvalue weighted by Crippen LogP contribution is -2.41. The highest BCUT2D eigenvalue weighted by atomic mass is 35.5. The minimum atomic E-state index is -0.460. The highest BCUT2D eigenvalue weighted by Crippen LogP contribution is 2.33. The Morgan fingerprint density at radius 1 is 1.16 bits per heavy atom. The Morgan fingerprint density at radius 2 is 1.91 bits per heavy atom. The Kier molecular flexibility index (Phi) is 7.03. The Labute approximate surface area is 199 Å². The van der Waals surface area contributed by atoms with Gasteiger partial charge in [-0.15, -0.1) is 5.10 Å². The lowest BCUT2D eigenvalue weighted by atomic mass is 10.2. The van der Waals surface area contributed by atoms with E-state index >= 15 is 0 Å². The third-order valence-electron chi connectivity index (χ3n) is 5.11. The number of aromatic nitrogens is 3. The lowest BCUT2D eigenvalue weighted by molar-refractivity contribution is -0.127. The molecule has 2 amide bonds. The van der Waals surface area contributed by atoms with E-state index in [-0.39, 0.29) is 11.8 Å². The number of benzene rings is 2. The minimum absolute atomic E-state index is 0.237. The van der Waals surface area contributed by atoms with Gasteiger partial charge in [0.05, 0.1) is 17.9 Å². The highest BCUT2D eigenvalue weighted by Gasteiger charge is 2.33. The van der Waals surface area contributed by atoms with Gasteiger partial charge < -0.3 is 4.74 Å². The molecule has 7 nitrogen and oxygen atoms in total. The molecule has 0 bridgehead atoms. The second kappa shape index (κ2) is 9.94. The van der Waals surface area contributed by atoms with Crippen molar-refractivity contribution in [2.45, 2.75) is 29.7 Å². The van der Waals surface area contributed by atoms with Crippen LogP contribution in [-0.4, -0.2) is 50.8 Å². The maximum absolute atomic E-state index is 13.2. The zero-order valence-corrected chi connectivity index (χ0v) is 19.5. The average molecular weight is 491 g/mol. The van der Waals surface area contributed by atoms with Crippen LogP contribution in [0.3, 0.4) is 0 Å². The number of nitrogens with zero attached hydrogens (tertiary/aromatic N) is 3. The van der Waals surface area contributed by atoms with E-state index in [0.29, 0.717) is 50.9 Å². The molecule has 2 aromatic carbocycles. The van der Waals surface area contributed by atoms with Crippen LogP contribution in [0.2, 0.25) is 10.0 Å². The first kappa shape index (κ1) is 22.6. The predicted molar refractivity (Wildman–Crippen MR) is 124 cm³/mol. The van der Waals surface area contributed by atoms with Gasteiger partial charge >= 0.3 is 0 Å². The minimum Gasteiger partial charge on any atom is -0.496 e. The number of amides is 2. The molecule has 32 heavy (non-hydrogen) atoms. The predicted octanol–water partition coefficient (Wildman–Crippen LogP) is 5.10. The van der Waals surface area contributed by atoms with Crippen LogP contribution in [0.1, 0.15) is 29.6 Å². The monoisotopic (exact) mass is 490 g/mol. The third kappa shape index (κ3) is 4.92. The van der Waals surface area contributed by atoms with E-state index in [1.165, 1.54) is 16.7 Å². The number of H-pyrrole nitrogens is 1. The molecule has 1 unspecified atom stereocenters. The van der Waals surface area contributed by atoms with Gasteiger partial charge in [0, 0.05) is 22.2 Å². The summed E-state index contributed by atoms with van der Waals surface area (Å²) in [5, 5.41) is 8.17. The molecule has 0 spiro atoms. The van der Waals surface area contributed by atoms with Crippen molar-refractivity contribution in [2.24, 2.45) is 0 Å². The molecule has 1 N–H and O–H groups in total. The summed E-state index contributed by atoms with van der Waals surface area (Å²) in [7, 11) is 1.56. The quantitative estimate of drug-likeness (QED) is 0.500. The van der Waals surface area contributed by atoms with Crippen molar-refractivity contribution >= 4 is 46.8 Å². The fourth-order valence-corrected chi connectivity index (χ4v) is 4.79. The summed E-state index contributed by atoms with van der Waals surface area (Å²) in [4.78, 5) is 32.0. The zero-order valence-electron chi connectivity index (χ0n) is 17.2. The first-order valence-corrected chi connectivity index (χ1v) is 11.6. The Morgan fingerprint density at radius 3 is 2.66 bits per heavy atom. The largest absolute Gasteiger partial charge is 0.496 e. The zero-order chi connectivity index (χ0) is 22.7. The van der Waals surface area contributed by atoms with Crippen LogP contribution in [0.15, 0.2) is 47.6 Å². The van der Waals surface area contributed by atoms with Crippen LogP contribution in [0.25, 0.3) is 11.4 Å². The van der Waals surface area contributed by atoms with Crippen LogP contribution >= 0.6 is 35.0 Å². The molecule has 1 atom stereocenters. The molecule has 1 aliphatic heterocycles. The number of methoxy groups -OCH3 is 1. The molecule has 1 fully saturated rings. The topological polar surface area (TPSA) is 88.2 Å². The number of nitrogens with one attached hydrogen (secondary N) is 1. The molecule has 0 saturated carbocycles. The number of halogens is 2. The van der Waals surface area contributed by atoms with Gasteiger partial charge in [-0.3, -0.25) is 19.6 Å². The fourth-order valence-electron chi connectivity index (χ4n) is 3.48. The summed E-state index contributed by atoms with van der Waals surface area (Å²) >= 11 is 13.3. The van der Waals surface area contributed by atoms with Gasteiger partial charge in [0.15, 0.2) is 5.82 Å². The normalized spacial score (nSPS) is 16.7. The first-order chi connectivity index (χ1) is 15.5. The van der Waals surface area contributed by atoms with Crippen LogP contribution in [0.5, 0.6) is 5.75 Å². The maximum atomic E-state index is 13.2. The molecule has 1 saturated heterocycles. The van der Waals surface area contributed by atoms with Gasteiger partial charge in [0.25, 0.3) is 5.91 Å². The van der Waals surface area contributed by atoms with Gasteiger partial charge in [-0.1, -0.05) is 41.4 Å². The smallest absolute Gasteiger partial charge is 0.260 e. The molecule has 4 rings (SSSR count). The molecule has 1 aliphatic rings. The summed E-state index contributed by atoms with van der Waals surface area (Å²) in [5.74, 6) is 0.534. The Bertz CT molecular complexity index is 1140. The summed E-state index contributed by atoms with van der Waals surface area (Å²) in [5.41, 5.74) is 1.10. The lowest BCUT2D eigenvalue weighted by Gasteiger charge is -2.21. The number of likely N-dealkylation sites (tertiary alicyclic amines) is 1. The SMILES string of the molecule is COc1ccc(Cl)cc1-c1nc(SC2CCCCN(C(=O)c3ccc(Cl)cc3)C2=O)n[nH]1. The van der Waals surface area contributed by atoms with Crippen LogP contribution in [-0.2, 0) is 4.79 Å². The molecule has 0 aliphatic carbocycles. The second-order valence-electron chi connectivity index (χ2n) is 7.22. The second-order valence-corrected chi connectivity index (χ2v) is 9.26. The van der Waals surface area contributed by atoms with Crippen molar-refractivity contribution in [3.05, 3.63) is 58.1 Å². The van der Waals surface area contributed by atoms with E-state index in [1.54, 1.807) is 49.6 Å². The van der Waals surface area contributed by atoms with Crippen molar-refractivity contribution in [3.63, 3.8) is 0 Å². The summed E-state index contributed by atoms with van der Waals surface area (Å²) in [6.07, 6.45) is 2.21. The van der Waals surface area contributed by atoms with Crippen molar-refractivity contribution < 1.29 is 14.3 Å². The maximum Gasteiger partial charge on any atom is 0.260 e. The molecular formula is C22H20Cl2N4O3S. The standard InChI is InChI=1S/C22H20Cl2N4O3S/c1-31-17-10-9-15(24)12-16(17)19-25-22(27-26-19)32-18-4-2-3-11-28(21(18)30)20(29)13-5-7-14(23)8-6-13/h5-10,12,18H,2-4,11H2,1H3,(H,25,26,27). The number of hydrogen-bond donors (Lipinski definition) is 1. The van der Waals surface area contributed by atoms with Crippen molar-refractivity contribution in [2.75, 3.05) is 13.7 Å². The van der Waals surface area contributed by atoms with Gasteiger partial charge in [0.2, 0.25) is 11.1 Å². The number of carbonyl (C=O) groups is 2. The van der Waals surface area contributed by atoms with E-state index in [4.69, 9.17) is 27.9 Å². The Balaban J connectivity index is 1.53. The van der Waals surface area contributed by atoms with Gasteiger partial charge in [-0.25, -0.2) is 4.98 Å². The molecule has 10 heteroatoms. The first-order valence-electron chi connectivity index (χ1n) is 10.0. The molecule has 0 radical (unpaired) electrons. The van der Waals surface area contributed by atoms with Gasteiger partial charge in [-0.2, -0.15) is 0 Å².